The van der Waals surface area contributed by atoms with Crippen LogP contribution in [0.4, 0.5) is 0 Å². The van der Waals surface area contributed by atoms with Gasteiger partial charge in [-0.3, -0.25) is 0 Å². The molecule has 3 heterocycles. The van der Waals surface area contributed by atoms with Crippen molar-refractivity contribution in [3.63, 3.8) is 0 Å². The van der Waals surface area contributed by atoms with Crippen molar-refractivity contribution in [3.05, 3.63) is 436 Å². The first-order valence-corrected chi connectivity index (χ1v) is 40.8. The molecule has 0 atom stereocenters. The molecule has 1 aliphatic rings. The van der Waals surface area contributed by atoms with Crippen molar-refractivity contribution in [2.24, 2.45) is 0 Å². The zero-order chi connectivity index (χ0) is 77.2. The Morgan fingerprint density at radius 2 is 0.448 bits per heavy atom. The van der Waals surface area contributed by atoms with Crippen LogP contribution in [0.2, 0.25) is 0 Å². The molecule has 18 aromatic carbocycles. The smallest absolute Gasteiger partial charge is 0.0715 e. The number of aromatic nitrogens is 2. The van der Waals surface area contributed by atoms with Crippen LogP contribution in [-0.2, 0) is 5.41 Å². The second kappa shape index (κ2) is 29.2. The van der Waals surface area contributed by atoms with Gasteiger partial charge < -0.3 is 0 Å². The van der Waals surface area contributed by atoms with E-state index in [1.807, 2.05) is 11.3 Å². The molecule has 3 heteroatoms. The SMILES string of the molecule is CC1(C)c2ccccc2-c2cccc(-c3ccc(-c4cc(-c5ccc(-c6cccc7ccccc67)cc5)cc(-c5ccc(-c6cccc7ccccc67)cc5)n4)cc3)c21.c1ccc2c(-c3ccc(-c4cc(-c5ccc(-c6cccc7ccccc67)cc5)nc(-c5ccc(-c6cccc7c6sc6ccccc67)cc5)c4)cc3)cccc2c1. The summed E-state index contributed by atoms with van der Waals surface area (Å²) in [4.78, 5) is 10.7. The highest BCUT2D eigenvalue weighted by Gasteiger charge is 2.37. The second-order valence-corrected chi connectivity index (χ2v) is 32.1. The molecule has 22 rings (SSSR count). The number of pyridine rings is 2. The molecule has 0 bridgehead atoms. The molecule has 0 saturated heterocycles. The summed E-state index contributed by atoms with van der Waals surface area (Å²) in [6.07, 6.45) is 0. The normalized spacial score (nSPS) is 12.1. The molecule has 0 unspecified atom stereocenters. The van der Waals surface area contributed by atoms with Crippen molar-refractivity contribution in [2.45, 2.75) is 19.3 Å². The van der Waals surface area contributed by atoms with E-state index in [1.165, 1.54) is 152 Å². The summed E-state index contributed by atoms with van der Waals surface area (Å²) in [5.74, 6) is 0. The van der Waals surface area contributed by atoms with Crippen LogP contribution in [0.1, 0.15) is 25.0 Å². The summed E-state index contributed by atoms with van der Waals surface area (Å²) in [6, 6.07) is 154. The average molecular weight is 1490 g/mol. The van der Waals surface area contributed by atoms with Crippen molar-refractivity contribution in [2.75, 3.05) is 0 Å². The van der Waals surface area contributed by atoms with E-state index in [2.05, 4.69) is 438 Å². The van der Waals surface area contributed by atoms with Gasteiger partial charge in [0.05, 0.1) is 22.8 Å². The van der Waals surface area contributed by atoms with Crippen molar-refractivity contribution in [1.29, 1.82) is 0 Å². The Morgan fingerprint density at radius 1 is 0.190 bits per heavy atom. The third-order valence-electron chi connectivity index (χ3n) is 23.8. The summed E-state index contributed by atoms with van der Waals surface area (Å²) in [7, 11) is 0. The Bertz CT molecular complexity index is 7050. The number of hydrogen-bond acceptors (Lipinski definition) is 3. The van der Waals surface area contributed by atoms with Crippen LogP contribution in [0.15, 0.2) is 425 Å². The molecular weight excluding hydrogens is 1420 g/mol. The standard InChI is InChI=1S/C58H41N.C55H35NS/c1-58(2)54-23-8-7-18-52(54)53-22-11-21-51(57(53)58)43-30-34-45(35-31-43)56-37-46(38-24-26-41(27-25-38)49-19-9-14-39-12-3-5-16-47(39)49)36-55(59-56)44-32-28-42(29-33-44)50-20-10-15-40-13-4-6-17-48(40)50;1-3-14-45-37(10-1)12-7-17-47(45)39-24-22-36(23-25-39)44-34-52(42-30-26-40(27-31-42)48-18-8-13-38-11-2-4-15-46(38)48)56-53(35-44)43-32-28-41(29-33-43)49-19-9-20-51-50-16-5-6-21-54(50)57-55(49)51/h3-37H,1-2H3;1-35H. The molecule has 0 aliphatic heterocycles. The topological polar surface area (TPSA) is 25.8 Å². The first-order valence-electron chi connectivity index (χ1n) is 40.0. The third-order valence-corrected chi connectivity index (χ3v) is 25.0. The molecule has 1 aliphatic carbocycles. The first-order chi connectivity index (χ1) is 57.2. The average Bonchev–Trinajstić information content (AvgIpc) is 1.71. The maximum absolute atomic E-state index is 5.36. The van der Waals surface area contributed by atoms with Gasteiger partial charge in [-0.15, -0.1) is 11.3 Å². The van der Waals surface area contributed by atoms with E-state index in [0.717, 1.165) is 67.3 Å². The maximum Gasteiger partial charge on any atom is 0.0715 e. The Hall–Kier alpha value is -14.5. The lowest BCUT2D eigenvalue weighted by Crippen LogP contribution is -2.16. The van der Waals surface area contributed by atoms with Gasteiger partial charge in [-0.1, -0.05) is 408 Å². The largest absolute Gasteiger partial charge is 0.248 e. The number of hydrogen-bond donors (Lipinski definition) is 0. The predicted molar refractivity (Wildman–Crippen MR) is 494 cm³/mol. The fourth-order valence-corrected chi connectivity index (χ4v) is 19.2. The number of rotatable bonds is 12. The van der Waals surface area contributed by atoms with Gasteiger partial charge in [0.15, 0.2) is 0 Å². The summed E-state index contributed by atoms with van der Waals surface area (Å²) < 4.78 is 2.65. The van der Waals surface area contributed by atoms with E-state index in [4.69, 9.17) is 9.97 Å². The second-order valence-electron chi connectivity index (χ2n) is 31.0. The van der Waals surface area contributed by atoms with Crippen LogP contribution in [0.3, 0.4) is 0 Å². The molecule has 544 valence electrons. The molecule has 0 fully saturated rings. The Kier molecular flexibility index (Phi) is 17.5. The van der Waals surface area contributed by atoms with E-state index in [-0.39, 0.29) is 5.41 Å². The summed E-state index contributed by atoms with van der Waals surface area (Å²) in [6.45, 7) is 4.71. The van der Waals surface area contributed by atoms with Gasteiger partial charge >= 0.3 is 0 Å². The van der Waals surface area contributed by atoms with Crippen LogP contribution in [-0.4, -0.2) is 9.97 Å². The van der Waals surface area contributed by atoms with E-state index in [9.17, 15) is 0 Å². The molecule has 0 spiro atoms. The Labute approximate surface area is 679 Å². The third kappa shape index (κ3) is 12.7. The van der Waals surface area contributed by atoms with Crippen molar-refractivity contribution < 1.29 is 0 Å². The van der Waals surface area contributed by atoms with E-state index < -0.39 is 0 Å². The molecule has 116 heavy (non-hydrogen) atoms. The lowest BCUT2D eigenvalue weighted by Gasteiger charge is -2.24. The highest BCUT2D eigenvalue weighted by molar-refractivity contribution is 7.26. The van der Waals surface area contributed by atoms with E-state index in [1.54, 1.807) is 0 Å². The number of benzene rings is 18. The molecule has 0 radical (unpaired) electrons. The molecule has 21 aromatic rings. The van der Waals surface area contributed by atoms with Crippen LogP contribution >= 0.6 is 11.3 Å². The minimum Gasteiger partial charge on any atom is -0.248 e. The fourth-order valence-electron chi connectivity index (χ4n) is 17.9. The van der Waals surface area contributed by atoms with Gasteiger partial charge in [0, 0.05) is 47.8 Å². The van der Waals surface area contributed by atoms with Crippen molar-refractivity contribution >= 4 is 74.6 Å². The number of nitrogens with zero attached hydrogens (tertiary/aromatic N) is 2. The molecule has 2 nitrogen and oxygen atoms in total. The van der Waals surface area contributed by atoms with Crippen LogP contribution < -0.4 is 0 Å². The van der Waals surface area contributed by atoms with Crippen LogP contribution in [0.5, 0.6) is 0 Å². The lowest BCUT2D eigenvalue weighted by atomic mass is 9.79. The summed E-state index contributed by atoms with van der Waals surface area (Å²) in [5, 5.41) is 12.7. The maximum atomic E-state index is 5.36. The minimum absolute atomic E-state index is 0.0850. The monoisotopic (exact) mass is 1490 g/mol. The molecule has 0 saturated carbocycles. The van der Waals surface area contributed by atoms with Gasteiger partial charge in [-0.25, -0.2) is 9.97 Å². The van der Waals surface area contributed by atoms with Crippen molar-refractivity contribution in [3.8, 4) is 145 Å². The minimum atomic E-state index is -0.0850. The summed E-state index contributed by atoms with van der Waals surface area (Å²) in [5.41, 5.74) is 32.9. The molecule has 0 amide bonds. The number of fused-ring (bicyclic) bond motifs is 10. The van der Waals surface area contributed by atoms with Gasteiger partial charge in [0.2, 0.25) is 0 Å². The zero-order valence-corrected chi connectivity index (χ0v) is 65.0. The van der Waals surface area contributed by atoms with Crippen molar-refractivity contribution in [1.82, 2.24) is 9.97 Å². The first kappa shape index (κ1) is 69.5. The Balaban J connectivity index is 0.000000145. The molecular formula is C113H76N2S. The van der Waals surface area contributed by atoms with E-state index >= 15 is 0 Å². The fraction of sp³-hybridized carbons (Fsp3) is 0.0265. The zero-order valence-electron chi connectivity index (χ0n) is 64.2. The number of thiophene rings is 1. The highest BCUT2D eigenvalue weighted by Crippen LogP contribution is 2.53. The quantitative estimate of drug-likeness (QED) is 0.122. The van der Waals surface area contributed by atoms with Gasteiger partial charge in [-0.2, -0.15) is 0 Å². The molecule has 3 aromatic heterocycles. The van der Waals surface area contributed by atoms with Gasteiger partial charge in [0.25, 0.3) is 0 Å². The lowest BCUT2D eigenvalue weighted by molar-refractivity contribution is 0.662. The highest BCUT2D eigenvalue weighted by atomic mass is 32.1. The van der Waals surface area contributed by atoms with Crippen LogP contribution in [0, 0.1) is 0 Å². The Morgan fingerprint density at radius 3 is 0.853 bits per heavy atom. The van der Waals surface area contributed by atoms with Gasteiger partial charge in [-0.05, 0) is 185 Å². The summed E-state index contributed by atoms with van der Waals surface area (Å²) >= 11 is 1.87. The van der Waals surface area contributed by atoms with Gasteiger partial charge in [0.1, 0.15) is 0 Å². The van der Waals surface area contributed by atoms with E-state index in [0.29, 0.717) is 0 Å². The molecule has 0 N–H and O–H groups in total. The predicted octanol–water partition coefficient (Wildman–Crippen LogP) is 31.5. The van der Waals surface area contributed by atoms with Crippen LogP contribution in [0.25, 0.3) is 208 Å².